The largest absolute Gasteiger partial charge is 0.477 e. The van der Waals surface area contributed by atoms with Gasteiger partial charge in [0.1, 0.15) is 23.0 Å². The second kappa shape index (κ2) is 13.3. The molecule has 13 heteroatoms. The first kappa shape index (κ1) is 33.4. The fourth-order valence-electron chi connectivity index (χ4n) is 5.54. The highest BCUT2D eigenvalue weighted by Crippen LogP contribution is 2.32. The molecule has 45 heavy (non-hydrogen) atoms. The van der Waals surface area contributed by atoms with Crippen molar-refractivity contribution < 1.29 is 33.1 Å². The number of benzene rings is 2. The Morgan fingerprint density at radius 1 is 0.800 bits per heavy atom. The SMILES string of the molecule is Cc1c2c(c(C(=O)Nc3ccc(F)c(Cl)c3)n1C)CCC2=O.Cc1c2c(c(C(=O)O)n1C)CCC2=O.Nc1ccc(F)c(Cl)c1. The summed E-state index contributed by atoms with van der Waals surface area (Å²) in [4.78, 5) is 46.9. The van der Waals surface area contributed by atoms with Crippen molar-refractivity contribution >= 4 is 58.0 Å². The smallest absolute Gasteiger partial charge is 0.352 e. The van der Waals surface area contributed by atoms with Gasteiger partial charge in [0.25, 0.3) is 5.91 Å². The van der Waals surface area contributed by atoms with E-state index in [1.807, 2.05) is 6.92 Å². The van der Waals surface area contributed by atoms with E-state index in [1.165, 1.54) is 36.4 Å². The summed E-state index contributed by atoms with van der Waals surface area (Å²) in [6.45, 7) is 3.61. The lowest BCUT2D eigenvalue weighted by Crippen LogP contribution is -2.18. The number of nitrogens with zero attached hydrogens (tertiary/aromatic N) is 2. The maximum absolute atomic E-state index is 13.2. The summed E-state index contributed by atoms with van der Waals surface area (Å²) in [7, 11) is 3.44. The molecule has 2 aromatic heterocycles. The van der Waals surface area contributed by atoms with E-state index in [9.17, 15) is 28.0 Å². The van der Waals surface area contributed by atoms with Gasteiger partial charge in [-0.25, -0.2) is 13.6 Å². The van der Waals surface area contributed by atoms with Gasteiger partial charge in [0.05, 0.1) is 10.0 Å². The number of carbonyl (C=O) groups excluding carboxylic acids is 3. The van der Waals surface area contributed by atoms with E-state index in [4.69, 9.17) is 34.0 Å². The Morgan fingerprint density at radius 2 is 1.27 bits per heavy atom. The van der Waals surface area contributed by atoms with Crippen molar-refractivity contribution in [3.8, 4) is 0 Å². The Kier molecular flexibility index (Phi) is 9.84. The molecule has 236 valence electrons. The summed E-state index contributed by atoms with van der Waals surface area (Å²) >= 11 is 11.1. The summed E-state index contributed by atoms with van der Waals surface area (Å²) in [5.74, 6) is -2.12. The number of amides is 1. The Bertz CT molecular complexity index is 1880. The Morgan fingerprint density at radius 3 is 1.73 bits per heavy atom. The van der Waals surface area contributed by atoms with Gasteiger partial charge in [0.2, 0.25) is 0 Å². The summed E-state index contributed by atoms with van der Waals surface area (Å²) in [6.07, 6.45) is 2.03. The zero-order valence-electron chi connectivity index (χ0n) is 24.9. The molecular weight excluding hydrogens is 629 g/mol. The molecule has 4 N–H and O–H groups in total. The molecule has 0 spiro atoms. The fraction of sp³-hybridized carbons (Fsp3) is 0.250. The lowest BCUT2D eigenvalue weighted by atomic mass is 10.1. The molecule has 4 aromatic rings. The molecule has 0 aliphatic heterocycles. The van der Waals surface area contributed by atoms with E-state index in [-0.39, 0.29) is 33.2 Å². The molecule has 0 saturated heterocycles. The third-order valence-corrected chi connectivity index (χ3v) is 8.46. The highest BCUT2D eigenvalue weighted by Gasteiger charge is 2.32. The number of aromatic carboxylic acids is 1. The van der Waals surface area contributed by atoms with Gasteiger partial charge in [-0.05, 0) is 74.2 Å². The van der Waals surface area contributed by atoms with Crippen LogP contribution >= 0.6 is 23.2 Å². The molecule has 1 amide bonds. The van der Waals surface area contributed by atoms with Gasteiger partial charge < -0.3 is 25.3 Å². The minimum Gasteiger partial charge on any atom is -0.477 e. The lowest BCUT2D eigenvalue weighted by Gasteiger charge is -2.09. The first-order valence-electron chi connectivity index (χ1n) is 13.8. The number of nitrogens with one attached hydrogen (secondary N) is 1. The second-order valence-electron chi connectivity index (χ2n) is 10.6. The van der Waals surface area contributed by atoms with Gasteiger partial charge in [-0.15, -0.1) is 0 Å². The van der Waals surface area contributed by atoms with Gasteiger partial charge in [0, 0.05) is 60.8 Å². The van der Waals surface area contributed by atoms with Crippen LogP contribution in [0, 0.1) is 25.5 Å². The summed E-state index contributed by atoms with van der Waals surface area (Å²) in [5, 5.41) is 11.7. The zero-order valence-corrected chi connectivity index (χ0v) is 26.4. The van der Waals surface area contributed by atoms with Crippen LogP contribution in [0.1, 0.15) is 77.0 Å². The van der Waals surface area contributed by atoms with Crippen LogP contribution in [0.5, 0.6) is 0 Å². The van der Waals surface area contributed by atoms with Crippen molar-refractivity contribution in [3.63, 3.8) is 0 Å². The van der Waals surface area contributed by atoms with Gasteiger partial charge in [-0.3, -0.25) is 14.4 Å². The monoisotopic (exact) mass is 658 g/mol. The summed E-state index contributed by atoms with van der Waals surface area (Å²) in [6, 6.07) is 8.06. The highest BCUT2D eigenvalue weighted by atomic mass is 35.5. The van der Waals surface area contributed by atoms with Crippen LogP contribution in [0.4, 0.5) is 20.2 Å². The number of rotatable bonds is 3. The molecule has 2 aliphatic carbocycles. The number of nitrogen functional groups attached to an aromatic ring is 1. The number of carboxylic acids is 1. The van der Waals surface area contributed by atoms with E-state index in [0.29, 0.717) is 59.4 Å². The van der Waals surface area contributed by atoms with Crippen LogP contribution in [-0.4, -0.2) is 37.7 Å². The number of halogens is 4. The van der Waals surface area contributed by atoms with Crippen molar-refractivity contribution in [2.75, 3.05) is 11.1 Å². The molecule has 0 unspecified atom stereocenters. The molecule has 2 aliphatic rings. The number of anilines is 2. The molecule has 0 saturated carbocycles. The molecule has 0 fully saturated rings. The normalized spacial score (nSPS) is 13.0. The molecule has 2 aromatic carbocycles. The Balaban J connectivity index is 0.000000171. The molecular formula is C32H30Cl2F2N4O5. The van der Waals surface area contributed by atoms with Gasteiger partial charge in [-0.1, -0.05) is 23.2 Å². The van der Waals surface area contributed by atoms with Crippen LogP contribution in [-0.2, 0) is 26.9 Å². The summed E-state index contributed by atoms with van der Waals surface area (Å²) < 4.78 is 28.8. The fourth-order valence-corrected chi connectivity index (χ4v) is 5.91. The minimum atomic E-state index is -0.952. The van der Waals surface area contributed by atoms with E-state index >= 15 is 0 Å². The van der Waals surface area contributed by atoms with E-state index in [2.05, 4.69) is 5.32 Å². The van der Waals surface area contributed by atoms with Crippen LogP contribution in [0.15, 0.2) is 36.4 Å². The number of Topliss-reactive ketones (excluding diaryl/α,β-unsaturated/α-hetero) is 2. The van der Waals surface area contributed by atoms with Crippen molar-refractivity contribution in [1.29, 1.82) is 0 Å². The standard InChI is InChI=1S/C16H14ClFN2O2.C10H11NO3.C6H5ClFN/c1-8-14-10(4-6-13(14)21)15(20(8)2)16(22)19-9-3-5-12(18)11(17)7-9;1-5-8-6(3-4-7(8)12)9(10(13)14)11(5)2;7-5-3-4(9)1-2-6(5)8/h3,5,7H,4,6H2,1-2H3,(H,19,22);3-4H2,1-2H3,(H,13,14);1-3H,9H2. The van der Waals surface area contributed by atoms with Crippen molar-refractivity contribution in [2.45, 2.75) is 39.5 Å². The predicted octanol–water partition coefficient (Wildman–Crippen LogP) is 6.73. The molecule has 0 radical (unpaired) electrons. The van der Waals surface area contributed by atoms with E-state index in [0.717, 1.165) is 17.0 Å². The van der Waals surface area contributed by atoms with Crippen molar-refractivity contribution in [1.82, 2.24) is 9.13 Å². The maximum atomic E-state index is 13.2. The highest BCUT2D eigenvalue weighted by molar-refractivity contribution is 6.31. The second-order valence-corrected chi connectivity index (χ2v) is 11.4. The number of nitrogens with two attached hydrogens (primary N) is 1. The third kappa shape index (κ3) is 6.64. The van der Waals surface area contributed by atoms with E-state index < -0.39 is 17.6 Å². The minimum absolute atomic E-state index is 0.0544. The third-order valence-electron chi connectivity index (χ3n) is 7.88. The number of carboxylic acid groups (broad SMARTS) is 1. The topological polar surface area (TPSA) is 136 Å². The number of hydrogen-bond acceptors (Lipinski definition) is 5. The van der Waals surface area contributed by atoms with Crippen LogP contribution < -0.4 is 11.1 Å². The zero-order chi connectivity index (χ0) is 33.3. The average molecular weight is 660 g/mol. The molecule has 6 rings (SSSR count). The number of aromatic nitrogens is 2. The Labute approximate surface area is 267 Å². The molecule has 0 atom stereocenters. The number of ketones is 2. The maximum Gasteiger partial charge on any atom is 0.352 e. The molecule has 0 bridgehead atoms. The molecule has 2 heterocycles. The van der Waals surface area contributed by atoms with E-state index in [1.54, 1.807) is 30.2 Å². The number of carbonyl (C=O) groups is 4. The average Bonchev–Trinajstić information content (AvgIpc) is 3.68. The van der Waals surface area contributed by atoms with Gasteiger partial charge in [-0.2, -0.15) is 0 Å². The van der Waals surface area contributed by atoms with Crippen molar-refractivity contribution in [3.05, 3.63) is 103 Å². The quantitative estimate of drug-likeness (QED) is 0.209. The number of fused-ring (bicyclic) bond motifs is 2. The molecule has 9 nitrogen and oxygen atoms in total. The predicted molar refractivity (Wildman–Crippen MR) is 168 cm³/mol. The van der Waals surface area contributed by atoms with Crippen LogP contribution in [0.25, 0.3) is 0 Å². The summed E-state index contributed by atoms with van der Waals surface area (Å²) in [5.41, 5.74) is 11.2. The Hall–Kier alpha value is -4.48. The van der Waals surface area contributed by atoms with Gasteiger partial charge >= 0.3 is 5.97 Å². The van der Waals surface area contributed by atoms with Crippen LogP contribution in [0.2, 0.25) is 10.0 Å². The lowest BCUT2D eigenvalue weighted by molar-refractivity contribution is 0.0684. The van der Waals surface area contributed by atoms with Crippen molar-refractivity contribution in [2.24, 2.45) is 14.1 Å². The van der Waals surface area contributed by atoms with Crippen LogP contribution in [0.3, 0.4) is 0 Å². The number of hydrogen-bond donors (Lipinski definition) is 3. The first-order valence-corrected chi connectivity index (χ1v) is 14.5. The first-order chi connectivity index (χ1) is 21.1. The van der Waals surface area contributed by atoms with Gasteiger partial charge in [0.15, 0.2) is 11.6 Å².